The number of piperazine rings is 1. The maximum Gasteiger partial charge on any atom is 0.416 e. The molecule has 1 heterocycles. The van der Waals surface area contributed by atoms with Gasteiger partial charge in [0.05, 0.1) is 17.1 Å². The van der Waals surface area contributed by atoms with Gasteiger partial charge in [-0.15, -0.1) is 0 Å². The number of benzene rings is 3. The summed E-state index contributed by atoms with van der Waals surface area (Å²) in [6, 6.07) is 19.6. The van der Waals surface area contributed by atoms with E-state index < -0.39 is 37.7 Å². The molecule has 4 rings (SSSR count). The molecule has 0 unspecified atom stereocenters. The van der Waals surface area contributed by atoms with Gasteiger partial charge in [-0.05, 0) is 35.4 Å². The van der Waals surface area contributed by atoms with Gasteiger partial charge in [-0.1, -0.05) is 54.6 Å². The van der Waals surface area contributed by atoms with Crippen LogP contribution in [0.5, 0.6) is 0 Å². The molecule has 12 heteroatoms. The topological polar surface area (TPSA) is 84.0 Å². The molecular formula is C27H29F3N2O5S2. The van der Waals surface area contributed by atoms with E-state index >= 15 is 0 Å². The fourth-order valence-electron chi connectivity index (χ4n) is 4.49. The van der Waals surface area contributed by atoms with Gasteiger partial charge in [-0.2, -0.15) is 17.5 Å². The summed E-state index contributed by atoms with van der Waals surface area (Å²) in [5.41, 5.74) is 0.355. The van der Waals surface area contributed by atoms with Crippen LogP contribution in [0.3, 0.4) is 0 Å². The SMILES string of the molecule is CS(=O)(=O)c1ccccc1S(=O)(=O)N1CCN(CCO[C@H](c2ccccc2)c2cccc(C(F)(F)F)c2)CC1. The number of sulfone groups is 1. The van der Waals surface area contributed by atoms with Crippen molar-refractivity contribution in [1.82, 2.24) is 9.21 Å². The second kappa shape index (κ2) is 11.8. The van der Waals surface area contributed by atoms with Gasteiger partial charge in [-0.25, -0.2) is 16.8 Å². The van der Waals surface area contributed by atoms with E-state index in [0.717, 1.165) is 24.0 Å². The lowest BCUT2D eigenvalue weighted by Crippen LogP contribution is -2.49. The van der Waals surface area contributed by atoms with Crippen LogP contribution in [0, 0.1) is 0 Å². The molecule has 0 amide bonds. The van der Waals surface area contributed by atoms with Crippen LogP contribution in [0.15, 0.2) is 88.7 Å². The van der Waals surface area contributed by atoms with Crippen molar-refractivity contribution in [1.29, 1.82) is 0 Å². The summed E-state index contributed by atoms with van der Waals surface area (Å²) in [4.78, 5) is 1.53. The number of hydrogen-bond acceptors (Lipinski definition) is 6. The van der Waals surface area contributed by atoms with Crippen LogP contribution < -0.4 is 0 Å². The molecule has 0 aliphatic carbocycles. The summed E-state index contributed by atoms with van der Waals surface area (Å²) in [6.07, 6.45) is -4.21. The first-order valence-corrected chi connectivity index (χ1v) is 15.6. The van der Waals surface area contributed by atoms with E-state index in [0.29, 0.717) is 25.2 Å². The Kier molecular flexibility index (Phi) is 8.82. The average Bonchev–Trinajstić information content (AvgIpc) is 2.91. The van der Waals surface area contributed by atoms with Crippen molar-refractivity contribution in [3.63, 3.8) is 0 Å². The van der Waals surface area contributed by atoms with Gasteiger partial charge < -0.3 is 4.74 Å². The van der Waals surface area contributed by atoms with Gasteiger partial charge in [0.2, 0.25) is 10.0 Å². The molecule has 0 bridgehead atoms. The highest BCUT2D eigenvalue weighted by atomic mass is 32.2. The summed E-state index contributed by atoms with van der Waals surface area (Å²) >= 11 is 0. The molecule has 1 saturated heterocycles. The predicted octanol–water partition coefficient (Wildman–Crippen LogP) is 4.22. The van der Waals surface area contributed by atoms with Gasteiger partial charge in [0.25, 0.3) is 0 Å². The van der Waals surface area contributed by atoms with E-state index in [1.807, 2.05) is 11.0 Å². The molecule has 210 valence electrons. The van der Waals surface area contributed by atoms with Crippen molar-refractivity contribution in [2.75, 3.05) is 45.6 Å². The molecule has 1 fully saturated rings. The van der Waals surface area contributed by atoms with E-state index in [9.17, 15) is 30.0 Å². The Balaban J connectivity index is 1.41. The molecule has 3 aromatic rings. The largest absolute Gasteiger partial charge is 0.416 e. The number of sulfonamides is 1. The Bertz CT molecular complexity index is 1490. The third-order valence-electron chi connectivity index (χ3n) is 6.51. The Labute approximate surface area is 226 Å². The van der Waals surface area contributed by atoms with Crippen LogP contribution in [0.4, 0.5) is 13.2 Å². The van der Waals surface area contributed by atoms with Crippen LogP contribution in [-0.2, 0) is 30.8 Å². The van der Waals surface area contributed by atoms with Crippen LogP contribution in [-0.4, -0.2) is 71.6 Å². The summed E-state index contributed by atoms with van der Waals surface area (Å²) in [6.45, 7) is 1.76. The van der Waals surface area contributed by atoms with Gasteiger partial charge >= 0.3 is 6.18 Å². The number of hydrogen-bond donors (Lipinski definition) is 0. The Morgan fingerprint density at radius 2 is 1.38 bits per heavy atom. The minimum Gasteiger partial charge on any atom is -0.367 e. The molecule has 3 aromatic carbocycles. The first-order chi connectivity index (χ1) is 18.4. The van der Waals surface area contributed by atoms with Crippen molar-refractivity contribution >= 4 is 19.9 Å². The first kappa shape index (κ1) is 29.2. The van der Waals surface area contributed by atoms with Crippen molar-refractivity contribution < 1.29 is 34.7 Å². The van der Waals surface area contributed by atoms with Crippen LogP contribution in [0.25, 0.3) is 0 Å². The van der Waals surface area contributed by atoms with Crippen LogP contribution >= 0.6 is 0 Å². The quantitative estimate of drug-likeness (QED) is 0.376. The van der Waals surface area contributed by atoms with E-state index in [1.54, 1.807) is 30.3 Å². The second-order valence-corrected chi connectivity index (χ2v) is 13.1. The standard InChI is InChI=1S/C27H29F3N2O5S2/c1-38(33,34)24-12-5-6-13-25(24)39(35,36)32-16-14-31(15-17-32)18-19-37-26(21-8-3-2-4-9-21)22-10-7-11-23(20-22)27(28,29)30/h2-13,20,26H,14-19H2,1H3/t26-/m1/s1. The number of halogens is 3. The third kappa shape index (κ3) is 7.06. The van der Waals surface area contributed by atoms with E-state index in [-0.39, 0.29) is 29.5 Å². The molecule has 0 radical (unpaired) electrons. The fraction of sp³-hybridized carbons (Fsp3) is 0.333. The summed E-state index contributed by atoms with van der Waals surface area (Å²) < 4.78 is 98.0. The lowest BCUT2D eigenvalue weighted by molar-refractivity contribution is -0.137. The van der Waals surface area contributed by atoms with Crippen molar-refractivity contribution in [2.45, 2.75) is 22.1 Å². The van der Waals surface area contributed by atoms with Crippen molar-refractivity contribution in [2.24, 2.45) is 0 Å². The highest BCUT2D eigenvalue weighted by Crippen LogP contribution is 2.33. The molecule has 1 aliphatic rings. The van der Waals surface area contributed by atoms with E-state index in [2.05, 4.69) is 0 Å². The number of ether oxygens (including phenoxy) is 1. The fourth-order valence-corrected chi connectivity index (χ4v) is 7.52. The molecule has 0 N–H and O–H groups in total. The summed E-state index contributed by atoms with van der Waals surface area (Å²) in [5, 5.41) is 0. The smallest absolute Gasteiger partial charge is 0.367 e. The molecule has 7 nitrogen and oxygen atoms in total. The second-order valence-electron chi connectivity index (χ2n) is 9.25. The maximum atomic E-state index is 13.3. The summed E-state index contributed by atoms with van der Waals surface area (Å²) in [5.74, 6) is 0. The highest BCUT2D eigenvalue weighted by Gasteiger charge is 2.33. The van der Waals surface area contributed by atoms with E-state index in [4.69, 9.17) is 4.74 Å². The molecule has 1 atom stereocenters. The van der Waals surface area contributed by atoms with Crippen molar-refractivity contribution in [3.05, 3.63) is 95.6 Å². The summed E-state index contributed by atoms with van der Waals surface area (Å²) in [7, 11) is -7.76. The van der Waals surface area contributed by atoms with Crippen molar-refractivity contribution in [3.8, 4) is 0 Å². The van der Waals surface area contributed by atoms with Crippen LogP contribution in [0.2, 0.25) is 0 Å². The van der Waals surface area contributed by atoms with Gasteiger partial charge in [0, 0.05) is 39.0 Å². The number of rotatable bonds is 9. The molecule has 0 spiro atoms. The van der Waals surface area contributed by atoms with Gasteiger partial charge in [0.1, 0.15) is 11.0 Å². The first-order valence-electron chi connectivity index (χ1n) is 12.2. The molecule has 0 saturated carbocycles. The molecule has 39 heavy (non-hydrogen) atoms. The third-order valence-corrected chi connectivity index (χ3v) is 9.75. The highest BCUT2D eigenvalue weighted by molar-refractivity contribution is 7.93. The predicted molar refractivity (Wildman–Crippen MR) is 140 cm³/mol. The van der Waals surface area contributed by atoms with Gasteiger partial charge in [0.15, 0.2) is 9.84 Å². The Morgan fingerprint density at radius 3 is 2.00 bits per heavy atom. The normalized spacial score (nSPS) is 16.7. The van der Waals surface area contributed by atoms with Crippen LogP contribution in [0.1, 0.15) is 22.8 Å². The number of nitrogens with zero attached hydrogens (tertiary/aromatic N) is 2. The van der Waals surface area contributed by atoms with E-state index in [1.165, 1.54) is 34.6 Å². The Hall–Kier alpha value is -2.77. The molecule has 1 aliphatic heterocycles. The monoisotopic (exact) mass is 582 g/mol. The maximum absolute atomic E-state index is 13.3. The zero-order valence-corrected chi connectivity index (χ0v) is 22.8. The number of alkyl halides is 3. The minimum atomic E-state index is -4.47. The minimum absolute atomic E-state index is 0.163. The molecular weight excluding hydrogens is 553 g/mol. The Morgan fingerprint density at radius 1 is 0.795 bits per heavy atom. The van der Waals surface area contributed by atoms with Gasteiger partial charge in [-0.3, -0.25) is 4.90 Å². The lowest BCUT2D eigenvalue weighted by atomic mass is 9.99. The lowest BCUT2D eigenvalue weighted by Gasteiger charge is -2.34. The zero-order chi connectivity index (χ0) is 28.3. The zero-order valence-electron chi connectivity index (χ0n) is 21.2. The average molecular weight is 583 g/mol. The molecule has 0 aromatic heterocycles.